The molecule has 2 heterocycles. The molecule has 32 heavy (non-hydrogen) atoms. The lowest BCUT2D eigenvalue weighted by Crippen LogP contribution is -2.16. The summed E-state index contributed by atoms with van der Waals surface area (Å²) in [5.41, 5.74) is 2.93. The van der Waals surface area contributed by atoms with Crippen LogP contribution in [0.2, 0.25) is 0 Å². The number of H-pyrrole nitrogens is 1. The van der Waals surface area contributed by atoms with Crippen molar-refractivity contribution in [1.29, 1.82) is 0 Å². The Morgan fingerprint density at radius 3 is 2.81 bits per heavy atom. The van der Waals surface area contributed by atoms with Crippen LogP contribution in [-0.4, -0.2) is 15.9 Å². The van der Waals surface area contributed by atoms with Crippen molar-refractivity contribution in [3.05, 3.63) is 86.8 Å². The van der Waals surface area contributed by atoms with Crippen molar-refractivity contribution in [2.45, 2.75) is 32.8 Å². The van der Waals surface area contributed by atoms with Gasteiger partial charge >= 0.3 is 5.97 Å². The second-order valence-corrected chi connectivity index (χ2v) is 9.24. The van der Waals surface area contributed by atoms with E-state index in [1.807, 2.05) is 42.5 Å². The van der Waals surface area contributed by atoms with Crippen molar-refractivity contribution in [3.8, 4) is 0 Å². The second-order valence-electron chi connectivity index (χ2n) is 8.16. The number of nitrogens with one attached hydrogen (secondary N) is 2. The van der Waals surface area contributed by atoms with Gasteiger partial charge in [0.15, 0.2) is 0 Å². The van der Waals surface area contributed by atoms with Crippen molar-refractivity contribution < 1.29 is 9.53 Å². The molecule has 0 fully saturated rings. The number of carbonyl (C=O) groups is 1. The molecule has 0 saturated heterocycles. The summed E-state index contributed by atoms with van der Waals surface area (Å²) in [5.74, 6) is 0.502. The van der Waals surface area contributed by atoms with Crippen molar-refractivity contribution in [1.82, 2.24) is 9.97 Å². The zero-order chi connectivity index (χ0) is 22.1. The number of esters is 1. The normalized spacial score (nSPS) is 15.3. The van der Waals surface area contributed by atoms with E-state index in [-0.39, 0.29) is 12.2 Å². The van der Waals surface area contributed by atoms with Crippen LogP contribution in [0.3, 0.4) is 0 Å². The molecule has 5 rings (SSSR count). The van der Waals surface area contributed by atoms with Crippen molar-refractivity contribution in [2.75, 3.05) is 5.32 Å². The number of thiophene rings is 1. The number of nitrogens with zero attached hydrogens (tertiary/aromatic N) is 1. The number of hydrogen-bond acceptors (Lipinski definition) is 6. The lowest BCUT2D eigenvalue weighted by atomic mass is 9.89. The minimum atomic E-state index is -0.480. The number of benzene rings is 2. The van der Waals surface area contributed by atoms with Gasteiger partial charge in [0.2, 0.25) is 0 Å². The summed E-state index contributed by atoms with van der Waals surface area (Å²) in [6.07, 6.45) is 3.00. The van der Waals surface area contributed by atoms with Gasteiger partial charge in [0.25, 0.3) is 5.56 Å². The molecule has 0 saturated carbocycles. The van der Waals surface area contributed by atoms with Gasteiger partial charge in [-0.1, -0.05) is 37.3 Å². The number of aryl methyl sites for hydroxylation is 1. The van der Waals surface area contributed by atoms with Gasteiger partial charge in [-0.3, -0.25) is 4.79 Å². The molecule has 1 aliphatic carbocycles. The Balaban J connectivity index is 1.35. The number of para-hydroxylation sites is 2. The van der Waals surface area contributed by atoms with Gasteiger partial charge in [0.05, 0.1) is 16.6 Å². The fraction of sp³-hybridized carbons (Fsp3) is 0.240. The predicted octanol–water partition coefficient (Wildman–Crippen LogP) is 5.21. The number of fused-ring (bicyclic) bond motifs is 3. The molecule has 7 heteroatoms. The first kappa shape index (κ1) is 20.5. The Labute approximate surface area is 189 Å². The molecule has 0 spiro atoms. The average molecular weight is 446 g/mol. The van der Waals surface area contributed by atoms with Gasteiger partial charge < -0.3 is 15.0 Å². The van der Waals surface area contributed by atoms with Crippen molar-refractivity contribution in [3.63, 3.8) is 0 Å². The average Bonchev–Trinajstić information content (AvgIpc) is 3.16. The maximum absolute atomic E-state index is 12.8. The second kappa shape index (κ2) is 8.59. The third-order valence-electron chi connectivity index (χ3n) is 5.75. The van der Waals surface area contributed by atoms with E-state index in [0.717, 1.165) is 35.3 Å². The number of aromatic amines is 1. The Kier molecular flexibility index (Phi) is 5.49. The monoisotopic (exact) mass is 445 g/mol. The lowest BCUT2D eigenvalue weighted by Gasteiger charge is -2.17. The van der Waals surface area contributed by atoms with Crippen LogP contribution in [-0.2, 0) is 24.2 Å². The van der Waals surface area contributed by atoms with E-state index in [9.17, 15) is 9.59 Å². The van der Waals surface area contributed by atoms with E-state index in [1.165, 1.54) is 4.88 Å². The van der Waals surface area contributed by atoms with E-state index in [4.69, 9.17) is 4.74 Å². The van der Waals surface area contributed by atoms with E-state index < -0.39 is 5.97 Å². The highest BCUT2D eigenvalue weighted by Crippen LogP contribution is 2.35. The molecule has 6 nitrogen and oxygen atoms in total. The molecule has 2 aromatic heterocycles. The summed E-state index contributed by atoms with van der Waals surface area (Å²) in [6, 6.07) is 16.8. The van der Waals surface area contributed by atoms with Crippen LogP contribution in [0.25, 0.3) is 10.2 Å². The van der Waals surface area contributed by atoms with Gasteiger partial charge in [-0.15, -0.1) is 11.3 Å². The fourth-order valence-corrected chi connectivity index (χ4v) is 5.52. The van der Waals surface area contributed by atoms with Gasteiger partial charge in [-0.05, 0) is 55.0 Å². The number of ether oxygens (including phenoxy) is 1. The molecule has 0 unspecified atom stereocenters. The Morgan fingerprint density at radius 2 is 1.97 bits per heavy atom. The summed E-state index contributed by atoms with van der Waals surface area (Å²) >= 11 is 1.58. The summed E-state index contributed by atoms with van der Waals surface area (Å²) in [4.78, 5) is 34.9. The first-order chi connectivity index (χ1) is 15.6. The number of anilines is 2. The molecule has 162 valence electrons. The molecule has 0 bridgehead atoms. The fourth-order valence-electron chi connectivity index (χ4n) is 4.12. The van der Waals surface area contributed by atoms with Crippen LogP contribution in [0.15, 0.2) is 59.4 Å². The van der Waals surface area contributed by atoms with E-state index >= 15 is 0 Å². The first-order valence-electron chi connectivity index (χ1n) is 10.7. The number of hydrogen-bond donors (Lipinski definition) is 2. The molecule has 2 N–H and O–H groups in total. The Hall–Kier alpha value is -3.45. The number of carbonyl (C=O) groups excluding carboxylic acids is 1. The maximum Gasteiger partial charge on any atom is 0.340 e. The molecule has 0 amide bonds. The van der Waals surface area contributed by atoms with Crippen LogP contribution in [0, 0.1) is 5.92 Å². The summed E-state index contributed by atoms with van der Waals surface area (Å²) in [7, 11) is 0. The van der Waals surface area contributed by atoms with Crippen molar-refractivity contribution >= 4 is 38.9 Å². The SMILES string of the molecule is C[C@@H]1CCc2c(sc3nc(COC(=O)c4ccccc4Nc4ccccc4)[nH]c(=O)c23)C1. The van der Waals surface area contributed by atoms with E-state index in [1.54, 1.807) is 23.5 Å². The molecule has 0 radical (unpaired) electrons. The van der Waals surface area contributed by atoms with Crippen LogP contribution >= 0.6 is 11.3 Å². The maximum atomic E-state index is 12.8. The highest BCUT2D eigenvalue weighted by Gasteiger charge is 2.23. The van der Waals surface area contributed by atoms with Crippen LogP contribution in [0.4, 0.5) is 11.4 Å². The first-order valence-corrected chi connectivity index (χ1v) is 11.5. The highest BCUT2D eigenvalue weighted by molar-refractivity contribution is 7.18. The smallest absolute Gasteiger partial charge is 0.340 e. The number of rotatable bonds is 5. The lowest BCUT2D eigenvalue weighted by molar-refractivity contribution is 0.0463. The topological polar surface area (TPSA) is 84.1 Å². The van der Waals surface area contributed by atoms with Crippen LogP contribution < -0.4 is 10.9 Å². The van der Waals surface area contributed by atoms with Gasteiger partial charge in [-0.2, -0.15) is 0 Å². The Morgan fingerprint density at radius 1 is 1.19 bits per heavy atom. The molecular formula is C25H23N3O3S. The van der Waals surface area contributed by atoms with E-state index in [0.29, 0.717) is 28.4 Å². The third-order valence-corrected chi connectivity index (χ3v) is 6.90. The minimum Gasteiger partial charge on any atom is -0.454 e. The van der Waals surface area contributed by atoms with E-state index in [2.05, 4.69) is 22.2 Å². The third kappa shape index (κ3) is 4.03. The molecular weight excluding hydrogens is 422 g/mol. The number of aromatic nitrogens is 2. The Bertz CT molecular complexity index is 1340. The zero-order valence-corrected chi connectivity index (χ0v) is 18.5. The minimum absolute atomic E-state index is 0.0946. The molecule has 2 aromatic carbocycles. The van der Waals surface area contributed by atoms with Crippen LogP contribution in [0.1, 0.15) is 40.0 Å². The zero-order valence-electron chi connectivity index (χ0n) is 17.7. The summed E-state index contributed by atoms with van der Waals surface area (Å²) in [5, 5.41) is 3.94. The highest BCUT2D eigenvalue weighted by atomic mass is 32.1. The van der Waals surface area contributed by atoms with Gasteiger partial charge in [0, 0.05) is 10.6 Å². The van der Waals surface area contributed by atoms with Crippen LogP contribution in [0.5, 0.6) is 0 Å². The quantitative estimate of drug-likeness (QED) is 0.412. The standard InChI is InChI=1S/C25H23N3O3S/c1-15-11-12-18-20(13-15)32-24-22(18)23(29)27-21(28-24)14-31-25(30)17-9-5-6-10-19(17)26-16-7-3-2-4-8-16/h2-10,15,26H,11-14H2,1H3,(H,27,28,29)/t15-/m1/s1. The molecule has 0 aliphatic heterocycles. The summed E-state index contributed by atoms with van der Waals surface area (Å²) < 4.78 is 5.51. The van der Waals surface area contributed by atoms with Gasteiger partial charge in [0.1, 0.15) is 17.3 Å². The predicted molar refractivity (Wildman–Crippen MR) is 127 cm³/mol. The molecule has 1 atom stereocenters. The van der Waals surface area contributed by atoms with Gasteiger partial charge in [-0.25, -0.2) is 9.78 Å². The summed E-state index contributed by atoms with van der Waals surface area (Å²) in [6.45, 7) is 2.14. The molecule has 4 aromatic rings. The largest absolute Gasteiger partial charge is 0.454 e. The van der Waals surface area contributed by atoms with Crippen molar-refractivity contribution in [2.24, 2.45) is 5.92 Å². The molecule has 1 aliphatic rings.